The third-order valence-corrected chi connectivity index (χ3v) is 7.28. The molecule has 5 nitrogen and oxygen atoms in total. The molecule has 0 aliphatic heterocycles. The first-order valence-electron chi connectivity index (χ1n) is 9.32. The van der Waals surface area contributed by atoms with Crippen LogP contribution in [0.3, 0.4) is 0 Å². The van der Waals surface area contributed by atoms with E-state index in [1.165, 1.54) is 9.87 Å². The van der Waals surface area contributed by atoms with Crippen LogP contribution in [-0.2, 0) is 15.8 Å². The van der Waals surface area contributed by atoms with Gasteiger partial charge < -0.3 is 5.32 Å². The molecule has 0 aromatic heterocycles. The molecule has 0 aliphatic carbocycles. The maximum absolute atomic E-state index is 12.6. The van der Waals surface area contributed by atoms with Crippen LogP contribution in [0, 0.1) is 0 Å². The monoisotopic (exact) mass is 420 g/mol. The Morgan fingerprint density at radius 1 is 1.04 bits per heavy atom. The molecule has 2 aromatic carbocycles. The molecular weight excluding hydrogens is 392 g/mol. The minimum Gasteiger partial charge on any atom is -0.346 e. The van der Waals surface area contributed by atoms with Crippen LogP contribution in [0.15, 0.2) is 53.4 Å². The highest BCUT2D eigenvalue weighted by Crippen LogP contribution is 2.20. The van der Waals surface area contributed by atoms with Crippen LogP contribution in [0.4, 0.5) is 0 Å². The lowest BCUT2D eigenvalue weighted by Gasteiger charge is -2.19. The number of amides is 1. The number of hydrogen-bond acceptors (Lipinski definition) is 4. The molecule has 1 amide bonds. The highest BCUT2D eigenvalue weighted by Gasteiger charge is 2.21. The summed E-state index contributed by atoms with van der Waals surface area (Å²) in [5.41, 5.74) is 2.64. The van der Waals surface area contributed by atoms with Gasteiger partial charge in [-0.05, 0) is 48.6 Å². The standard InChI is InChI=1S/C21H28N2O3S2/c1-5-23(6-2)28(25,26)20-13-11-18(12-14-20)16(3)22-21(24)19-9-7-17(8-10-19)15-27-4/h7-14,16H,5-6,15H2,1-4H3,(H,22,24)/t16-/m0/s1. The van der Waals surface area contributed by atoms with E-state index in [0.29, 0.717) is 18.7 Å². The number of carbonyl (C=O) groups is 1. The number of nitrogens with one attached hydrogen (secondary N) is 1. The van der Waals surface area contributed by atoms with Gasteiger partial charge in [-0.15, -0.1) is 0 Å². The summed E-state index contributed by atoms with van der Waals surface area (Å²) in [6.07, 6.45) is 2.04. The summed E-state index contributed by atoms with van der Waals surface area (Å²) in [5.74, 6) is 0.768. The van der Waals surface area contributed by atoms with Crippen LogP contribution in [0.1, 0.15) is 48.3 Å². The molecule has 0 saturated heterocycles. The zero-order chi connectivity index (χ0) is 20.7. The van der Waals surface area contributed by atoms with Crippen LogP contribution >= 0.6 is 11.8 Å². The van der Waals surface area contributed by atoms with Crippen molar-refractivity contribution in [1.82, 2.24) is 9.62 Å². The Kier molecular flexibility index (Phi) is 8.10. The Morgan fingerprint density at radius 2 is 1.61 bits per heavy atom. The predicted molar refractivity (Wildman–Crippen MR) is 116 cm³/mol. The second-order valence-electron chi connectivity index (χ2n) is 6.48. The van der Waals surface area contributed by atoms with Crippen LogP contribution < -0.4 is 5.32 Å². The molecule has 0 saturated carbocycles. The molecule has 0 heterocycles. The minimum atomic E-state index is -3.47. The number of thioether (sulfide) groups is 1. The number of benzene rings is 2. The van der Waals surface area contributed by atoms with Gasteiger partial charge in [0.15, 0.2) is 0 Å². The van der Waals surface area contributed by atoms with E-state index < -0.39 is 10.0 Å². The van der Waals surface area contributed by atoms with Crippen LogP contribution in [-0.4, -0.2) is 38.0 Å². The molecule has 2 rings (SSSR count). The van der Waals surface area contributed by atoms with Crippen LogP contribution in [0.25, 0.3) is 0 Å². The molecule has 0 aliphatic rings. The number of sulfonamides is 1. The Morgan fingerprint density at radius 3 is 2.11 bits per heavy atom. The predicted octanol–water partition coefficient (Wildman–Crippen LogP) is 4.07. The topological polar surface area (TPSA) is 66.5 Å². The fraction of sp³-hybridized carbons (Fsp3) is 0.381. The van der Waals surface area contributed by atoms with Gasteiger partial charge in [0, 0.05) is 24.4 Å². The molecule has 7 heteroatoms. The summed E-state index contributed by atoms with van der Waals surface area (Å²) in [5, 5.41) is 2.96. The summed E-state index contributed by atoms with van der Waals surface area (Å²) in [4.78, 5) is 12.7. The SMILES string of the molecule is CCN(CC)S(=O)(=O)c1ccc([C@H](C)NC(=O)c2ccc(CSC)cc2)cc1. The summed E-state index contributed by atoms with van der Waals surface area (Å²) in [7, 11) is -3.47. The van der Waals surface area contributed by atoms with E-state index in [9.17, 15) is 13.2 Å². The molecule has 0 spiro atoms. The molecule has 0 fully saturated rings. The van der Waals surface area contributed by atoms with E-state index in [2.05, 4.69) is 5.32 Å². The summed E-state index contributed by atoms with van der Waals surface area (Å²) in [6.45, 7) is 6.39. The third-order valence-electron chi connectivity index (χ3n) is 4.60. The van der Waals surface area contributed by atoms with Gasteiger partial charge in [-0.3, -0.25) is 4.79 Å². The summed E-state index contributed by atoms with van der Waals surface area (Å²) in [6, 6.07) is 14.0. The van der Waals surface area contributed by atoms with Gasteiger partial charge in [0.1, 0.15) is 0 Å². The average molecular weight is 421 g/mol. The summed E-state index contributed by atoms with van der Waals surface area (Å²) < 4.78 is 26.6. The average Bonchev–Trinajstić information content (AvgIpc) is 2.69. The van der Waals surface area contributed by atoms with E-state index in [0.717, 1.165) is 11.3 Å². The molecule has 1 N–H and O–H groups in total. The number of hydrogen-bond donors (Lipinski definition) is 1. The Balaban J connectivity index is 2.08. The zero-order valence-corrected chi connectivity index (χ0v) is 18.4. The van der Waals surface area contributed by atoms with E-state index in [1.807, 2.05) is 51.3 Å². The number of carbonyl (C=O) groups excluding carboxylic acids is 1. The molecule has 2 aromatic rings. The first-order valence-corrected chi connectivity index (χ1v) is 12.2. The van der Waals surface area contributed by atoms with Gasteiger partial charge in [-0.1, -0.05) is 38.1 Å². The molecule has 152 valence electrons. The quantitative estimate of drug-likeness (QED) is 0.664. The van der Waals surface area contributed by atoms with Crippen LogP contribution in [0.2, 0.25) is 0 Å². The molecule has 1 atom stereocenters. The van der Waals surface area contributed by atoms with Gasteiger partial charge in [0.05, 0.1) is 10.9 Å². The molecule has 0 unspecified atom stereocenters. The molecular formula is C21H28N2O3S2. The normalized spacial score (nSPS) is 12.8. The van der Waals surface area contributed by atoms with E-state index in [4.69, 9.17) is 0 Å². The Bertz CT molecular complexity index is 875. The lowest BCUT2D eigenvalue weighted by atomic mass is 10.1. The van der Waals surface area contributed by atoms with Gasteiger partial charge in [0.2, 0.25) is 10.0 Å². The summed E-state index contributed by atoms with van der Waals surface area (Å²) >= 11 is 1.74. The first kappa shape index (κ1) is 22.5. The Hall–Kier alpha value is -1.83. The minimum absolute atomic E-state index is 0.150. The van der Waals surface area contributed by atoms with Crippen molar-refractivity contribution in [3.8, 4) is 0 Å². The smallest absolute Gasteiger partial charge is 0.251 e. The van der Waals surface area contributed by atoms with Crippen molar-refractivity contribution >= 4 is 27.7 Å². The fourth-order valence-corrected chi connectivity index (χ4v) is 4.91. The van der Waals surface area contributed by atoms with E-state index >= 15 is 0 Å². The highest BCUT2D eigenvalue weighted by atomic mass is 32.2. The number of nitrogens with zero attached hydrogens (tertiary/aromatic N) is 1. The Labute approximate surface area is 172 Å². The van der Waals surface area contributed by atoms with Gasteiger partial charge in [-0.25, -0.2) is 8.42 Å². The van der Waals surface area contributed by atoms with Crippen molar-refractivity contribution in [2.24, 2.45) is 0 Å². The van der Waals surface area contributed by atoms with Gasteiger partial charge >= 0.3 is 0 Å². The van der Waals surface area contributed by atoms with Gasteiger partial charge in [0.25, 0.3) is 5.91 Å². The van der Waals surface area contributed by atoms with Crippen molar-refractivity contribution < 1.29 is 13.2 Å². The third kappa shape index (κ3) is 5.37. The van der Waals surface area contributed by atoms with Gasteiger partial charge in [-0.2, -0.15) is 16.1 Å². The second-order valence-corrected chi connectivity index (χ2v) is 9.29. The maximum atomic E-state index is 12.6. The van der Waals surface area contributed by atoms with Crippen molar-refractivity contribution in [2.75, 3.05) is 19.3 Å². The van der Waals surface area contributed by atoms with Crippen molar-refractivity contribution in [2.45, 2.75) is 37.5 Å². The van der Waals surface area contributed by atoms with E-state index in [-0.39, 0.29) is 16.8 Å². The molecule has 0 radical (unpaired) electrons. The van der Waals surface area contributed by atoms with Crippen molar-refractivity contribution in [3.63, 3.8) is 0 Å². The van der Waals surface area contributed by atoms with Crippen LogP contribution in [0.5, 0.6) is 0 Å². The zero-order valence-electron chi connectivity index (χ0n) is 16.8. The van der Waals surface area contributed by atoms with Crippen molar-refractivity contribution in [1.29, 1.82) is 0 Å². The van der Waals surface area contributed by atoms with E-state index in [1.54, 1.807) is 36.0 Å². The van der Waals surface area contributed by atoms with Crippen molar-refractivity contribution in [3.05, 3.63) is 65.2 Å². The maximum Gasteiger partial charge on any atom is 0.251 e. The molecule has 28 heavy (non-hydrogen) atoms. The fourth-order valence-electron chi connectivity index (χ4n) is 2.92. The molecule has 0 bridgehead atoms. The first-order chi connectivity index (χ1) is 13.3. The lowest BCUT2D eigenvalue weighted by molar-refractivity contribution is 0.0940. The largest absolute Gasteiger partial charge is 0.346 e. The second kappa shape index (κ2) is 10.1. The lowest BCUT2D eigenvalue weighted by Crippen LogP contribution is -2.30. The number of rotatable bonds is 9. The highest BCUT2D eigenvalue weighted by molar-refractivity contribution is 7.97.